The highest BCUT2D eigenvalue weighted by Gasteiger charge is 2.29. The molecule has 3 aromatic rings. The van der Waals surface area contributed by atoms with E-state index in [9.17, 15) is 18.7 Å². The van der Waals surface area contributed by atoms with Gasteiger partial charge in [-0.15, -0.1) is 0 Å². The Labute approximate surface area is 181 Å². The first-order chi connectivity index (χ1) is 14.3. The van der Waals surface area contributed by atoms with Crippen molar-refractivity contribution in [1.82, 2.24) is 9.13 Å². The molecule has 0 amide bonds. The number of rotatable bonds is 7. The van der Waals surface area contributed by atoms with Crippen molar-refractivity contribution in [1.29, 1.82) is 0 Å². The predicted molar refractivity (Wildman–Crippen MR) is 122 cm³/mol. The molecule has 2 aromatic carbocycles. The predicted octanol–water partition coefficient (Wildman–Crippen LogP) is 5.53. The Hall–Kier alpha value is -2.73. The van der Waals surface area contributed by atoms with Crippen LogP contribution in [0.25, 0.3) is 22.2 Å². The van der Waals surface area contributed by atoms with Gasteiger partial charge in [0, 0.05) is 20.0 Å². The van der Waals surface area contributed by atoms with Crippen LogP contribution in [0.5, 0.6) is 0 Å². The Kier molecular flexibility index (Phi) is 5.98. The van der Waals surface area contributed by atoms with Crippen LogP contribution in [0.4, 0.5) is 8.78 Å². The fraction of sp³-hybridized carbons (Fsp3) is 0.400. The lowest BCUT2D eigenvalue weighted by atomic mass is 9.91. The van der Waals surface area contributed by atoms with Crippen molar-refractivity contribution in [2.24, 2.45) is 7.05 Å². The van der Waals surface area contributed by atoms with E-state index in [1.54, 1.807) is 30.0 Å². The summed E-state index contributed by atoms with van der Waals surface area (Å²) in [5.74, 6) is -2.93. The number of hydrogen-bond donors (Lipinski definition) is 1. The largest absolute Gasteiger partial charge is 0.386 e. The van der Waals surface area contributed by atoms with Gasteiger partial charge in [0.05, 0.1) is 16.6 Å². The molecule has 3 rings (SSSR count). The summed E-state index contributed by atoms with van der Waals surface area (Å²) < 4.78 is 30.8. The molecule has 0 aliphatic heterocycles. The third-order valence-electron chi connectivity index (χ3n) is 5.90. The van der Waals surface area contributed by atoms with Gasteiger partial charge in [-0.05, 0) is 80.1 Å². The van der Waals surface area contributed by atoms with Gasteiger partial charge >= 0.3 is 5.69 Å². The number of aliphatic hydroxyl groups is 1. The van der Waals surface area contributed by atoms with E-state index < -0.39 is 11.5 Å². The van der Waals surface area contributed by atoms with E-state index in [2.05, 4.69) is 6.58 Å². The highest BCUT2D eigenvalue weighted by atomic mass is 19.3. The molecule has 1 aromatic heterocycles. The molecule has 0 saturated carbocycles. The number of fused-ring (bicyclic) bond motifs is 1. The minimum Gasteiger partial charge on any atom is -0.386 e. The second-order valence-electron chi connectivity index (χ2n) is 8.87. The summed E-state index contributed by atoms with van der Waals surface area (Å²) in [6.45, 7) is 10.4. The number of alkyl halides is 2. The molecule has 4 nitrogen and oxygen atoms in total. The molecule has 0 aliphatic carbocycles. The molecule has 0 aliphatic rings. The van der Waals surface area contributed by atoms with E-state index in [0.717, 1.165) is 27.8 Å². The lowest BCUT2D eigenvalue weighted by Crippen LogP contribution is -2.24. The average molecular weight is 429 g/mol. The minimum absolute atomic E-state index is 0.161. The molecule has 31 heavy (non-hydrogen) atoms. The standard InChI is InChI=1S/C25H30F2N2O2/c1-16(2)25(26,27)12-7-13-29-21-11-9-18(14-22(21)28(6)23(29)30)20-15-19(24(4,5)31)10-8-17(20)3/h8-11,14-15,31H,1,7,12-13H2,2-6H3. The van der Waals surface area contributed by atoms with E-state index in [0.29, 0.717) is 5.52 Å². The van der Waals surface area contributed by atoms with Crippen LogP contribution in [-0.4, -0.2) is 20.2 Å². The molecule has 0 saturated heterocycles. The molecule has 0 spiro atoms. The van der Waals surface area contributed by atoms with Crippen molar-refractivity contribution in [3.63, 3.8) is 0 Å². The summed E-state index contributed by atoms with van der Waals surface area (Å²) in [4.78, 5) is 12.8. The van der Waals surface area contributed by atoms with E-state index in [1.165, 1.54) is 6.92 Å². The van der Waals surface area contributed by atoms with Crippen LogP contribution in [0.2, 0.25) is 0 Å². The zero-order valence-electron chi connectivity index (χ0n) is 18.8. The summed E-state index contributed by atoms with van der Waals surface area (Å²) in [5, 5.41) is 10.4. The molecule has 0 unspecified atom stereocenters. The van der Waals surface area contributed by atoms with E-state index in [4.69, 9.17) is 0 Å². The Balaban J connectivity index is 1.99. The van der Waals surface area contributed by atoms with E-state index >= 15 is 0 Å². The molecular weight excluding hydrogens is 398 g/mol. The minimum atomic E-state index is -2.93. The van der Waals surface area contributed by atoms with Crippen molar-refractivity contribution in [3.05, 3.63) is 70.2 Å². The number of benzene rings is 2. The van der Waals surface area contributed by atoms with Crippen LogP contribution in [0.1, 0.15) is 44.7 Å². The summed E-state index contributed by atoms with van der Waals surface area (Å²) in [6, 6.07) is 11.6. The maximum atomic E-state index is 13.9. The van der Waals surface area contributed by atoms with E-state index in [-0.39, 0.29) is 30.6 Å². The monoisotopic (exact) mass is 428 g/mol. The maximum absolute atomic E-state index is 13.9. The third kappa shape index (κ3) is 4.49. The first kappa shape index (κ1) is 22.9. The topological polar surface area (TPSA) is 47.2 Å². The van der Waals surface area contributed by atoms with Crippen molar-refractivity contribution >= 4 is 11.0 Å². The first-order valence-electron chi connectivity index (χ1n) is 10.4. The van der Waals surface area contributed by atoms with Gasteiger partial charge in [-0.25, -0.2) is 13.6 Å². The van der Waals surface area contributed by atoms with E-state index in [1.807, 2.05) is 43.3 Å². The van der Waals surface area contributed by atoms with Crippen LogP contribution >= 0.6 is 0 Å². The molecular formula is C25H30F2N2O2. The SMILES string of the molecule is C=C(C)C(F)(F)CCCn1c(=O)n(C)c2cc(-c3cc(C(C)(C)O)ccc3C)ccc21. The number of imidazole rings is 1. The smallest absolute Gasteiger partial charge is 0.328 e. The fourth-order valence-electron chi connectivity index (χ4n) is 3.78. The van der Waals surface area contributed by atoms with Crippen LogP contribution in [0.15, 0.2) is 53.3 Å². The van der Waals surface area contributed by atoms with Gasteiger partial charge in [0.1, 0.15) is 0 Å². The van der Waals surface area contributed by atoms with Crippen molar-refractivity contribution in [2.45, 2.75) is 58.6 Å². The zero-order chi connectivity index (χ0) is 23.1. The van der Waals surface area contributed by atoms with Crippen LogP contribution < -0.4 is 5.69 Å². The number of nitrogens with zero attached hydrogens (tertiary/aromatic N) is 2. The Bertz CT molecular complexity index is 1200. The van der Waals surface area contributed by atoms with Crippen molar-refractivity contribution in [3.8, 4) is 11.1 Å². The maximum Gasteiger partial charge on any atom is 0.328 e. The molecule has 0 fully saturated rings. The second kappa shape index (κ2) is 8.08. The Morgan fingerprint density at radius 1 is 1.13 bits per heavy atom. The summed E-state index contributed by atoms with van der Waals surface area (Å²) >= 11 is 0. The first-order valence-corrected chi connectivity index (χ1v) is 10.4. The summed E-state index contributed by atoms with van der Waals surface area (Å²) in [7, 11) is 1.69. The highest BCUT2D eigenvalue weighted by Crippen LogP contribution is 2.31. The fourth-order valence-corrected chi connectivity index (χ4v) is 3.78. The van der Waals surface area contributed by atoms with Crippen LogP contribution in [0, 0.1) is 6.92 Å². The highest BCUT2D eigenvalue weighted by molar-refractivity contribution is 5.83. The average Bonchev–Trinajstić information content (AvgIpc) is 2.91. The van der Waals surface area contributed by atoms with Crippen LogP contribution in [-0.2, 0) is 19.2 Å². The second-order valence-corrected chi connectivity index (χ2v) is 8.87. The quantitative estimate of drug-likeness (QED) is 0.503. The number of hydrogen-bond acceptors (Lipinski definition) is 2. The van der Waals surface area contributed by atoms with Gasteiger partial charge in [0.25, 0.3) is 5.92 Å². The molecule has 6 heteroatoms. The number of aryl methyl sites for hydroxylation is 3. The Morgan fingerprint density at radius 3 is 2.42 bits per heavy atom. The van der Waals surface area contributed by atoms with Crippen molar-refractivity contribution in [2.75, 3.05) is 0 Å². The zero-order valence-corrected chi connectivity index (χ0v) is 18.8. The van der Waals surface area contributed by atoms with Gasteiger partial charge in [0.2, 0.25) is 0 Å². The molecule has 0 bridgehead atoms. The summed E-state index contributed by atoms with van der Waals surface area (Å²) in [5.41, 5.74) is 3.86. The number of aromatic nitrogens is 2. The number of halogens is 2. The molecule has 166 valence electrons. The third-order valence-corrected chi connectivity index (χ3v) is 5.90. The molecule has 0 atom stereocenters. The number of allylic oxidation sites excluding steroid dienone is 1. The van der Waals surface area contributed by atoms with Crippen molar-refractivity contribution < 1.29 is 13.9 Å². The normalized spacial score (nSPS) is 12.5. The molecule has 0 radical (unpaired) electrons. The van der Waals surface area contributed by atoms with Gasteiger partial charge in [-0.2, -0.15) is 0 Å². The summed E-state index contributed by atoms with van der Waals surface area (Å²) in [6.07, 6.45) is -0.167. The van der Waals surface area contributed by atoms with Gasteiger partial charge in [0.15, 0.2) is 0 Å². The van der Waals surface area contributed by atoms with Crippen LogP contribution in [0.3, 0.4) is 0 Å². The molecule has 1 heterocycles. The van der Waals surface area contributed by atoms with Gasteiger partial charge in [-0.3, -0.25) is 9.13 Å². The molecule has 1 N–H and O–H groups in total. The van der Waals surface area contributed by atoms with Gasteiger partial charge < -0.3 is 5.11 Å². The Morgan fingerprint density at radius 2 is 1.81 bits per heavy atom. The lowest BCUT2D eigenvalue weighted by Gasteiger charge is -2.20. The van der Waals surface area contributed by atoms with Gasteiger partial charge in [-0.1, -0.05) is 24.8 Å². The lowest BCUT2D eigenvalue weighted by molar-refractivity contribution is 0.0296.